The highest BCUT2D eigenvalue weighted by molar-refractivity contribution is 9.10. The molecule has 0 saturated heterocycles. The van der Waals surface area contributed by atoms with Crippen LogP contribution in [0.15, 0.2) is 22.7 Å². The summed E-state index contributed by atoms with van der Waals surface area (Å²) < 4.78 is 6.40. The van der Waals surface area contributed by atoms with Gasteiger partial charge in [-0.1, -0.05) is 28.1 Å². The fourth-order valence-corrected chi connectivity index (χ4v) is 2.81. The molecule has 0 aliphatic heterocycles. The average Bonchev–Trinajstić information content (AvgIpc) is 2.33. The lowest BCUT2D eigenvalue weighted by atomic mass is 9.86. The van der Waals surface area contributed by atoms with Gasteiger partial charge in [0.15, 0.2) is 0 Å². The lowest BCUT2D eigenvalue weighted by Crippen LogP contribution is -2.52. The number of alkyl carbamates (subject to hydrolysis) is 1. The summed E-state index contributed by atoms with van der Waals surface area (Å²) in [4.78, 5) is 11.7. The van der Waals surface area contributed by atoms with Gasteiger partial charge < -0.3 is 15.4 Å². The van der Waals surface area contributed by atoms with Crippen molar-refractivity contribution in [2.75, 3.05) is 0 Å². The summed E-state index contributed by atoms with van der Waals surface area (Å²) in [5, 5.41) is 6.43. The fourth-order valence-electron chi connectivity index (χ4n) is 2.39. The van der Waals surface area contributed by atoms with Crippen LogP contribution < -0.4 is 10.6 Å². The molecule has 0 bridgehead atoms. The van der Waals surface area contributed by atoms with Crippen molar-refractivity contribution in [2.45, 2.75) is 64.8 Å². The van der Waals surface area contributed by atoms with Crippen LogP contribution in [0, 0.1) is 6.92 Å². The number of amides is 1. The first kappa shape index (κ1) is 17.3. The van der Waals surface area contributed by atoms with E-state index in [0.29, 0.717) is 6.04 Å². The van der Waals surface area contributed by atoms with Crippen LogP contribution in [0.4, 0.5) is 4.79 Å². The van der Waals surface area contributed by atoms with Gasteiger partial charge in [-0.25, -0.2) is 4.79 Å². The predicted molar refractivity (Wildman–Crippen MR) is 91.9 cm³/mol. The van der Waals surface area contributed by atoms with E-state index in [4.69, 9.17) is 4.74 Å². The predicted octanol–water partition coefficient (Wildman–Crippen LogP) is 3.90. The van der Waals surface area contributed by atoms with Crippen molar-refractivity contribution < 1.29 is 9.53 Å². The maximum Gasteiger partial charge on any atom is 0.407 e. The van der Waals surface area contributed by atoms with Crippen molar-refractivity contribution in [3.05, 3.63) is 33.8 Å². The molecule has 0 heterocycles. The molecule has 1 aromatic rings. The van der Waals surface area contributed by atoms with Crippen molar-refractivity contribution in [3.8, 4) is 0 Å². The molecule has 0 spiro atoms. The summed E-state index contributed by atoms with van der Waals surface area (Å²) in [5.74, 6) is 0. The molecule has 0 atom stereocenters. The minimum absolute atomic E-state index is 0.220. The summed E-state index contributed by atoms with van der Waals surface area (Å²) in [5.41, 5.74) is 2.07. The first-order chi connectivity index (χ1) is 10.2. The second-order valence-corrected chi connectivity index (χ2v) is 7.83. The number of hydrogen-bond acceptors (Lipinski definition) is 3. The Morgan fingerprint density at radius 2 is 2.00 bits per heavy atom. The van der Waals surface area contributed by atoms with Gasteiger partial charge >= 0.3 is 6.09 Å². The quantitative estimate of drug-likeness (QED) is 0.846. The minimum Gasteiger partial charge on any atom is -0.444 e. The number of carbonyl (C=O) groups excluding carboxylic acids is 1. The van der Waals surface area contributed by atoms with Crippen molar-refractivity contribution in [3.63, 3.8) is 0 Å². The van der Waals surface area contributed by atoms with Gasteiger partial charge in [0.1, 0.15) is 5.60 Å². The van der Waals surface area contributed by atoms with E-state index < -0.39 is 5.60 Å². The number of rotatable bonds is 4. The van der Waals surface area contributed by atoms with Crippen molar-refractivity contribution in [2.24, 2.45) is 0 Å². The average molecular weight is 369 g/mol. The van der Waals surface area contributed by atoms with E-state index in [1.807, 2.05) is 20.8 Å². The molecule has 2 N–H and O–H groups in total. The van der Waals surface area contributed by atoms with Crippen LogP contribution in [0.1, 0.15) is 44.7 Å². The van der Waals surface area contributed by atoms with Gasteiger partial charge in [-0.05, 0) is 57.7 Å². The van der Waals surface area contributed by atoms with Crippen molar-refractivity contribution >= 4 is 22.0 Å². The molecule has 1 amide bonds. The second-order valence-electron chi connectivity index (χ2n) is 6.98. The Bertz CT molecular complexity index is 534. The lowest BCUT2D eigenvalue weighted by molar-refractivity contribution is 0.0465. The Morgan fingerprint density at radius 1 is 1.32 bits per heavy atom. The smallest absolute Gasteiger partial charge is 0.407 e. The fraction of sp³-hybridized carbons (Fsp3) is 0.588. The monoisotopic (exact) mass is 368 g/mol. The number of nitrogens with one attached hydrogen (secondary N) is 2. The van der Waals surface area contributed by atoms with Gasteiger partial charge in [-0.15, -0.1) is 0 Å². The third kappa shape index (κ3) is 5.29. The summed E-state index contributed by atoms with van der Waals surface area (Å²) in [6.45, 7) is 8.55. The molecule has 122 valence electrons. The molecule has 0 aromatic heterocycles. The van der Waals surface area contributed by atoms with E-state index >= 15 is 0 Å². The van der Waals surface area contributed by atoms with Gasteiger partial charge in [-0.2, -0.15) is 0 Å². The Kier molecular flexibility index (Phi) is 5.50. The molecule has 2 rings (SSSR count). The highest BCUT2D eigenvalue weighted by Gasteiger charge is 2.31. The molecule has 1 aliphatic carbocycles. The van der Waals surface area contributed by atoms with Crippen LogP contribution in [-0.2, 0) is 11.3 Å². The second kappa shape index (κ2) is 7.01. The summed E-state index contributed by atoms with van der Waals surface area (Å²) >= 11 is 3.56. The third-order valence-electron chi connectivity index (χ3n) is 3.69. The van der Waals surface area contributed by atoms with E-state index in [1.54, 1.807) is 0 Å². The molecular weight excluding hydrogens is 344 g/mol. The minimum atomic E-state index is -0.440. The molecule has 1 aromatic carbocycles. The first-order valence-electron chi connectivity index (χ1n) is 7.71. The number of hydrogen-bond donors (Lipinski definition) is 2. The number of benzene rings is 1. The van der Waals surface area contributed by atoms with E-state index in [0.717, 1.165) is 23.9 Å². The number of ether oxygens (including phenoxy) is 1. The zero-order valence-electron chi connectivity index (χ0n) is 13.7. The van der Waals surface area contributed by atoms with Crippen LogP contribution in [0.2, 0.25) is 0 Å². The summed E-state index contributed by atoms with van der Waals surface area (Å²) in [7, 11) is 0. The maximum atomic E-state index is 11.7. The van der Waals surface area contributed by atoms with Gasteiger partial charge in [0.2, 0.25) is 0 Å². The molecule has 5 heteroatoms. The lowest BCUT2D eigenvalue weighted by Gasteiger charge is -2.36. The van der Waals surface area contributed by atoms with Crippen molar-refractivity contribution in [1.29, 1.82) is 0 Å². The normalized spacial score (nSPS) is 21.1. The van der Waals surface area contributed by atoms with Crippen LogP contribution in [0.25, 0.3) is 0 Å². The van der Waals surface area contributed by atoms with Crippen LogP contribution in [0.5, 0.6) is 0 Å². The van der Waals surface area contributed by atoms with Crippen LogP contribution in [0.3, 0.4) is 0 Å². The Morgan fingerprint density at radius 3 is 2.59 bits per heavy atom. The van der Waals surface area contributed by atoms with E-state index in [2.05, 4.69) is 51.7 Å². The molecule has 0 unspecified atom stereocenters. The van der Waals surface area contributed by atoms with Crippen molar-refractivity contribution in [1.82, 2.24) is 10.6 Å². The summed E-state index contributed by atoms with van der Waals surface area (Å²) in [6, 6.07) is 7.09. The zero-order chi connectivity index (χ0) is 16.3. The van der Waals surface area contributed by atoms with Gasteiger partial charge in [0.05, 0.1) is 0 Å². The van der Waals surface area contributed by atoms with E-state index in [-0.39, 0.29) is 12.1 Å². The third-order valence-corrected chi connectivity index (χ3v) is 4.54. The Labute approximate surface area is 141 Å². The topological polar surface area (TPSA) is 50.4 Å². The number of carbonyl (C=O) groups is 1. The Hall–Kier alpha value is -1.07. The standard InChI is InChI=1S/C17H25BrN2O2/c1-11-5-6-12(7-15(11)18)10-19-13-8-14(9-13)20-16(21)22-17(2,3)4/h5-7,13-14,19H,8-10H2,1-4H3,(H,20,21). The molecule has 4 nitrogen and oxygen atoms in total. The molecule has 22 heavy (non-hydrogen) atoms. The first-order valence-corrected chi connectivity index (χ1v) is 8.50. The SMILES string of the molecule is Cc1ccc(CNC2CC(NC(=O)OC(C)(C)C)C2)cc1Br. The van der Waals surface area contributed by atoms with Gasteiger partial charge in [0, 0.05) is 23.1 Å². The largest absolute Gasteiger partial charge is 0.444 e. The van der Waals surface area contributed by atoms with E-state index in [1.165, 1.54) is 11.1 Å². The molecule has 1 saturated carbocycles. The van der Waals surface area contributed by atoms with Crippen LogP contribution in [-0.4, -0.2) is 23.8 Å². The Balaban J connectivity index is 1.67. The van der Waals surface area contributed by atoms with Crippen LogP contribution >= 0.6 is 15.9 Å². The number of aryl methyl sites for hydroxylation is 1. The van der Waals surface area contributed by atoms with E-state index in [9.17, 15) is 4.79 Å². The molecular formula is C17H25BrN2O2. The molecule has 1 aliphatic rings. The van der Waals surface area contributed by atoms with Gasteiger partial charge in [0.25, 0.3) is 0 Å². The van der Waals surface area contributed by atoms with Gasteiger partial charge in [-0.3, -0.25) is 0 Å². The zero-order valence-corrected chi connectivity index (χ0v) is 15.3. The molecule has 0 radical (unpaired) electrons. The number of halogens is 1. The maximum absolute atomic E-state index is 11.7. The summed E-state index contributed by atoms with van der Waals surface area (Å²) in [6.07, 6.45) is 1.58. The highest BCUT2D eigenvalue weighted by Crippen LogP contribution is 2.22. The highest BCUT2D eigenvalue weighted by atomic mass is 79.9. The molecule has 1 fully saturated rings.